The van der Waals surface area contributed by atoms with E-state index in [9.17, 15) is 18.0 Å². The van der Waals surface area contributed by atoms with E-state index in [-0.39, 0.29) is 41.6 Å². The van der Waals surface area contributed by atoms with Gasteiger partial charge in [0.2, 0.25) is 0 Å². The lowest BCUT2D eigenvalue weighted by molar-refractivity contribution is -0.140. The number of hydrogen-bond donors (Lipinski definition) is 0. The lowest BCUT2D eigenvalue weighted by atomic mass is 9.90. The first-order valence-electron chi connectivity index (χ1n) is 10.8. The van der Waals surface area contributed by atoms with Gasteiger partial charge in [0.1, 0.15) is 17.1 Å². The van der Waals surface area contributed by atoms with Crippen LogP contribution in [-0.4, -0.2) is 27.5 Å². The van der Waals surface area contributed by atoms with Crippen LogP contribution in [0.1, 0.15) is 57.9 Å². The van der Waals surface area contributed by atoms with Crippen molar-refractivity contribution in [3.05, 3.63) is 75.9 Å². The van der Waals surface area contributed by atoms with Crippen LogP contribution in [0.3, 0.4) is 0 Å². The third kappa shape index (κ3) is 5.22. The average molecular weight is 485 g/mol. The average Bonchev–Trinajstić information content (AvgIpc) is 3.20. The molecule has 0 saturated heterocycles. The number of allylic oxidation sites excluding steroid dienone is 2. The van der Waals surface area contributed by atoms with Crippen LogP contribution in [0.4, 0.5) is 0 Å². The Morgan fingerprint density at radius 3 is 2.47 bits per heavy atom. The van der Waals surface area contributed by atoms with Crippen LogP contribution in [0.15, 0.2) is 47.4 Å². The van der Waals surface area contributed by atoms with Crippen molar-refractivity contribution in [2.24, 2.45) is 0 Å². The molecule has 0 bridgehead atoms. The number of fused-ring (bicyclic) bond motifs is 1. The van der Waals surface area contributed by atoms with Crippen LogP contribution >= 0.6 is 0 Å². The second-order valence-corrected chi connectivity index (χ2v) is 9.71. The molecule has 0 unspecified atom stereocenters. The van der Waals surface area contributed by atoms with E-state index in [0.29, 0.717) is 23.1 Å². The Labute approximate surface area is 200 Å². The Morgan fingerprint density at radius 1 is 1.18 bits per heavy atom. The summed E-state index contributed by atoms with van der Waals surface area (Å²) in [7, 11) is -2.89. The molecule has 0 N–H and O–H groups in total. The molecule has 34 heavy (non-hydrogen) atoms. The third-order valence-electron chi connectivity index (χ3n) is 5.85. The molecule has 1 aliphatic rings. The number of esters is 2. The molecule has 1 heterocycles. The molecule has 2 aromatic rings. The quantitative estimate of drug-likeness (QED) is 0.286. The Hall–Kier alpha value is -3.39. The molecule has 0 radical (unpaired) electrons. The molecular weight excluding hydrogens is 456 g/mol. The summed E-state index contributed by atoms with van der Waals surface area (Å²) in [6.45, 7) is 9.49. The predicted octanol–water partition coefficient (Wildman–Crippen LogP) is 4.83. The Kier molecular flexibility index (Phi) is 7.61. The van der Waals surface area contributed by atoms with Gasteiger partial charge < -0.3 is 13.7 Å². The first-order chi connectivity index (χ1) is 16.1. The number of rotatable bonds is 9. The molecule has 8 heteroatoms. The van der Waals surface area contributed by atoms with E-state index in [1.54, 1.807) is 18.2 Å². The number of aryl methyl sites for hydroxylation is 1. The van der Waals surface area contributed by atoms with E-state index in [4.69, 9.17) is 8.92 Å². The van der Waals surface area contributed by atoms with Gasteiger partial charge in [-0.2, -0.15) is 8.42 Å². The summed E-state index contributed by atoms with van der Waals surface area (Å²) in [5, 5.41) is 0. The summed E-state index contributed by atoms with van der Waals surface area (Å²) >= 11 is 0. The molecule has 0 aromatic heterocycles. The first-order valence-corrected chi connectivity index (χ1v) is 12.2. The SMILES string of the molecule is C=Cc1c(C)c2c(c(OS(=O)(=O)c3ccc(C)cc3)c1CC=C(C)CCC(=O)OC)C(=O)OC2. The number of benzene rings is 2. The predicted molar refractivity (Wildman–Crippen MR) is 128 cm³/mol. The number of cyclic esters (lactones) is 1. The fraction of sp³-hybridized carbons (Fsp3) is 0.308. The Balaban J connectivity index is 2.11. The summed E-state index contributed by atoms with van der Waals surface area (Å²) in [6, 6.07) is 6.27. The Morgan fingerprint density at radius 2 is 1.85 bits per heavy atom. The minimum atomic E-state index is -4.22. The zero-order valence-corrected chi connectivity index (χ0v) is 20.6. The summed E-state index contributed by atoms with van der Waals surface area (Å²) in [5.41, 5.74) is 4.50. The minimum Gasteiger partial charge on any atom is -0.469 e. The number of hydrogen-bond acceptors (Lipinski definition) is 7. The smallest absolute Gasteiger partial charge is 0.342 e. The van der Waals surface area contributed by atoms with Gasteiger partial charge >= 0.3 is 22.1 Å². The van der Waals surface area contributed by atoms with Crippen LogP contribution in [0.2, 0.25) is 0 Å². The van der Waals surface area contributed by atoms with Crippen molar-refractivity contribution in [2.45, 2.75) is 51.5 Å². The maximum Gasteiger partial charge on any atom is 0.342 e. The second kappa shape index (κ2) is 10.3. The van der Waals surface area contributed by atoms with E-state index >= 15 is 0 Å². The van der Waals surface area contributed by atoms with Gasteiger partial charge in [-0.1, -0.05) is 42.0 Å². The molecule has 0 spiro atoms. The van der Waals surface area contributed by atoms with Crippen molar-refractivity contribution >= 4 is 28.1 Å². The molecule has 0 aliphatic carbocycles. The molecular formula is C26H28O7S. The van der Waals surface area contributed by atoms with Gasteiger partial charge in [0.05, 0.1) is 7.11 Å². The summed E-state index contributed by atoms with van der Waals surface area (Å²) in [6.07, 6.45) is 4.49. The highest BCUT2D eigenvalue weighted by atomic mass is 32.2. The van der Waals surface area contributed by atoms with Crippen LogP contribution in [-0.2, 0) is 37.4 Å². The summed E-state index contributed by atoms with van der Waals surface area (Å²) in [5.74, 6) is -0.991. The highest BCUT2D eigenvalue weighted by Crippen LogP contribution is 2.40. The van der Waals surface area contributed by atoms with E-state index < -0.39 is 16.1 Å². The van der Waals surface area contributed by atoms with Gasteiger partial charge in [0.15, 0.2) is 5.75 Å². The summed E-state index contributed by atoms with van der Waals surface area (Å²) in [4.78, 5) is 24.1. The summed E-state index contributed by atoms with van der Waals surface area (Å²) < 4.78 is 41.8. The van der Waals surface area contributed by atoms with Crippen LogP contribution in [0.5, 0.6) is 5.75 Å². The van der Waals surface area contributed by atoms with E-state index in [1.807, 2.05) is 26.8 Å². The standard InChI is InChI=1S/C26H28O7S/c1-6-20-18(4)22-15-32-26(28)24(22)25(21(20)13-9-17(3)10-14-23(27)31-5)33-34(29,30)19-11-7-16(2)8-12-19/h6-9,11-12H,1,10,13-15H2,2-5H3. The highest BCUT2D eigenvalue weighted by Gasteiger charge is 2.34. The fourth-order valence-corrected chi connectivity index (χ4v) is 4.78. The topological polar surface area (TPSA) is 96.0 Å². The highest BCUT2D eigenvalue weighted by molar-refractivity contribution is 7.87. The lowest BCUT2D eigenvalue weighted by Crippen LogP contribution is -2.15. The zero-order chi connectivity index (χ0) is 25.0. The maximum absolute atomic E-state index is 13.1. The van der Waals surface area contributed by atoms with Crippen molar-refractivity contribution in [1.29, 1.82) is 0 Å². The molecule has 3 rings (SSSR count). The van der Waals surface area contributed by atoms with E-state index in [0.717, 1.165) is 16.7 Å². The minimum absolute atomic E-state index is 0.0188. The normalized spacial score (nSPS) is 13.3. The van der Waals surface area contributed by atoms with Crippen molar-refractivity contribution in [3.8, 4) is 5.75 Å². The van der Waals surface area contributed by atoms with Crippen molar-refractivity contribution < 1.29 is 31.7 Å². The largest absolute Gasteiger partial charge is 0.469 e. The number of carbonyl (C=O) groups excluding carboxylic acids is 2. The van der Waals surface area contributed by atoms with Gasteiger partial charge in [-0.25, -0.2) is 4.79 Å². The second-order valence-electron chi connectivity index (χ2n) is 8.16. The monoisotopic (exact) mass is 484 g/mol. The van der Waals surface area contributed by atoms with Gasteiger partial charge in [-0.3, -0.25) is 4.79 Å². The van der Waals surface area contributed by atoms with Gasteiger partial charge in [-0.05, 0) is 56.9 Å². The lowest BCUT2D eigenvalue weighted by Gasteiger charge is -2.18. The molecule has 0 amide bonds. The van der Waals surface area contributed by atoms with Gasteiger partial charge in [0, 0.05) is 17.5 Å². The van der Waals surface area contributed by atoms with Crippen molar-refractivity contribution in [1.82, 2.24) is 0 Å². The maximum atomic E-state index is 13.1. The first kappa shape index (κ1) is 25.2. The molecule has 7 nitrogen and oxygen atoms in total. The number of methoxy groups -OCH3 is 1. The van der Waals surface area contributed by atoms with Crippen LogP contribution < -0.4 is 4.18 Å². The van der Waals surface area contributed by atoms with Crippen LogP contribution in [0.25, 0.3) is 6.08 Å². The van der Waals surface area contributed by atoms with Gasteiger partial charge in [0.25, 0.3) is 0 Å². The molecule has 2 aromatic carbocycles. The van der Waals surface area contributed by atoms with Crippen molar-refractivity contribution in [3.63, 3.8) is 0 Å². The zero-order valence-electron chi connectivity index (χ0n) is 19.8. The van der Waals surface area contributed by atoms with Gasteiger partial charge in [-0.15, -0.1) is 0 Å². The number of ether oxygens (including phenoxy) is 2. The molecule has 1 aliphatic heterocycles. The fourth-order valence-electron chi connectivity index (χ4n) is 3.81. The van der Waals surface area contributed by atoms with E-state index in [2.05, 4.69) is 11.3 Å². The van der Waals surface area contributed by atoms with Crippen LogP contribution in [0, 0.1) is 13.8 Å². The molecule has 0 atom stereocenters. The molecule has 0 fully saturated rings. The molecule has 180 valence electrons. The van der Waals surface area contributed by atoms with Crippen molar-refractivity contribution in [2.75, 3.05) is 7.11 Å². The third-order valence-corrected chi connectivity index (χ3v) is 7.08. The Bertz CT molecular complexity index is 1270. The molecule has 0 saturated carbocycles. The number of carbonyl (C=O) groups is 2. The van der Waals surface area contributed by atoms with E-state index in [1.165, 1.54) is 19.2 Å².